The largest absolute Gasteiger partial charge is 0.324 e. The summed E-state index contributed by atoms with van der Waals surface area (Å²) in [5, 5.41) is 0. The Balaban J connectivity index is 2.92. The van der Waals surface area contributed by atoms with E-state index < -0.39 is 0 Å². The van der Waals surface area contributed by atoms with Crippen LogP contribution < -0.4 is 11.3 Å². The molecule has 2 aromatic heterocycles. The first kappa shape index (κ1) is 8.83. The molecule has 0 aromatic carbocycles. The molecule has 0 atom stereocenters. The number of fused-ring (bicyclic) bond motifs is 1. The summed E-state index contributed by atoms with van der Waals surface area (Å²) in [6.45, 7) is 0.247. The number of pyridine rings is 1. The molecular formula is C9H10N4O. The van der Waals surface area contributed by atoms with E-state index in [1.165, 1.54) is 4.57 Å². The monoisotopic (exact) mass is 190 g/mol. The van der Waals surface area contributed by atoms with Gasteiger partial charge in [0.05, 0.1) is 12.1 Å². The molecule has 0 saturated heterocycles. The molecule has 0 spiro atoms. The molecule has 0 radical (unpaired) electrons. The summed E-state index contributed by atoms with van der Waals surface area (Å²) in [5.41, 5.74) is 6.29. The average molecular weight is 190 g/mol. The van der Waals surface area contributed by atoms with Crippen LogP contribution in [0.25, 0.3) is 11.0 Å². The van der Waals surface area contributed by atoms with E-state index in [9.17, 15) is 4.79 Å². The van der Waals surface area contributed by atoms with Crippen molar-refractivity contribution in [3.8, 4) is 0 Å². The Morgan fingerprint density at radius 2 is 2.36 bits per heavy atom. The number of rotatable bonds is 1. The van der Waals surface area contributed by atoms with Crippen molar-refractivity contribution in [1.82, 2.24) is 14.5 Å². The molecule has 72 valence electrons. The lowest BCUT2D eigenvalue weighted by Gasteiger charge is -2.05. The van der Waals surface area contributed by atoms with Gasteiger partial charge in [0.15, 0.2) is 5.52 Å². The first-order chi connectivity index (χ1) is 6.74. The molecule has 0 amide bonds. The summed E-state index contributed by atoms with van der Waals surface area (Å²) < 4.78 is 1.43. The zero-order chi connectivity index (χ0) is 10.1. The maximum absolute atomic E-state index is 11.7. The van der Waals surface area contributed by atoms with E-state index in [-0.39, 0.29) is 12.1 Å². The fourth-order valence-electron chi connectivity index (χ4n) is 1.32. The quantitative estimate of drug-likeness (QED) is 0.675. The van der Waals surface area contributed by atoms with Gasteiger partial charge in [-0.25, -0.2) is 9.97 Å². The second-order valence-electron chi connectivity index (χ2n) is 2.97. The van der Waals surface area contributed by atoms with Crippen molar-refractivity contribution in [3.05, 3.63) is 34.5 Å². The van der Waals surface area contributed by atoms with Gasteiger partial charge in [-0.2, -0.15) is 0 Å². The van der Waals surface area contributed by atoms with E-state index in [2.05, 4.69) is 9.97 Å². The smallest absolute Gasteiger partial charge is 0.279 e. The van der Waals surface area contributed by atoms with Crippen LogP contribution in [0.1, 0.15) is 5.82 Å². The highest BCUT2D eigenvalue weighted by molar-refractivity contribution is 5.72. The maximum Gasteiger partial charge on any atom is 0.279 e. The summed E-state index contributed by atoms with van der Waals surface area (Å²) in [5.74, 6) is 0.565. The van der Waals surface area contributed by atoms with E-state index in [1.807, 2.05) is 0 Å². The summed E-state index contributed by atoms with van der Waals surface area (Å²) in [6.07, 6.45) is 1.58. The number of aromatic nitrogens is 3. The van der Waals surface area contributed by atoms with Crippen molar-refractivity contribution in [2.45, 2.75) is 6.54 Å². The van der Waals surface area contributed by atoms with Crippen LogP contribution in [-0.4, -0.2) is 14.5 Å². The average Bonchev–Trinajstić information content (AvgIpc) is 2.23. The summed E-state index contributed by atoms with van der Waals surface area (Å²) in [4.78, 5) is 19.9. The second kappa shape index (κ2) is 3.19. The van der Waals surface area contributed by atoms with Crippen LogP contribution in [0.15, 0.2) is 23.1 Å². The number of hydrogen-bond acceptors (Lipinski definition) is 4. The third-order valence-corrected chi connectivity index (χ3v) is 2.11. The molecule has 0 saturated carbocycles. The summed E-state index contributed by atoms with van der Waals surface area (Å²) >= 11 is 0. The fraction of sp³-hybridized carbons (Fsp3) is 0.222. The van der Waals surface area contributed by atoms with Crippen LogP contribution in [0.2, 0.25) is 0 Å². The highest BCUT2D eigenvalue weighted by atomic mass is 16.1. The summed E-state index contributed by atoms with van der Waals surface area (Å²) in [7, 11) is 1.64. The molecule has 5 nitrogen and oxygen atoms in total. The summed E-state index contributed by atoms with van der Waals surface area (Å²) in [6, 6.07) is 3.50. The lowest BCUT2D eigenvalue weighted by molar-refractivity contribution is 0.739. The Bertz CT molecular complexity index is 532. The lowest BCUT2D eigenvalue weighted by Crippen LogP contribution is -2.24. The molecule has 0 aliphatic carbocycles. The van der Waals surface area contributed by atoms with Crippen LogP contribution >= 0.6 is 0 Å². The number of hydrogen-bond donors (Lipinski definition) is 1. The van der Waals surface area contributed by atoms with Crippen LogP contribution in [0.3, 0.4) is 0 Å². The number of nitrogens with zero attached hydrogens (tertiary/aromatic N) is 3. The molecule has 0 aliphatic heterocycles. The minimum Gasteiger partial charge on any atom is -0.324 e. The standard InChI is InChI=1S/C9H10N4O/c1-13-7(5-10)12-6-3-2-4-11-8(6)9(13)14/h2-4H,5,10H2,1H3. The van der Waals surface area contributed by atoms with E-state index in [4.69, 9.17) is 5.73 Å². The van der Waals surface area contributed by atoms with E-state index in [0.29, 0.717) is 16.9 Å². The van der Waals surface area contributed by atoms with E-state index >= 15 is 0 Å². The predicted octanol–water partition coefficient (Wildman–Crippen LogP) is -0.213. The van der Waals surface area contributed by atoms with Crippen LogP contribution in [0.4, 0.5) is 0 Å². The third kappa shape index (κ3) is 1.18. The van der Waals surface area contributed by atoms with Gasteiger partial charge >= 0.3 is 0 Å². The van der Waals surface area contributed by atoms with Gasteiger partial charge < -0.3 is 5.73 Å². The van der Waals surface area contributed by atoms with Crippen molar-refractivity contribution < 1.29 is 0 Å². The van der Waals surface area contributed by atoms with Gasteiger partial charge in [-0.05, 0) is 12.1 Å². The van der Waals surface area contributed by atoms with Gasteiger partial charge in [-0.3, -0.25) is 9.36 Å². The van der Waals surface area contributed by atoms with Gasteiger partial charge in [0.1, 0.15) is 5.82 Å². The third-order valence-electron chi connectivity index (χ3n) is 2.11. The highest BCUT2D eigenvalue weighted by Crippen LogP contribution is 2.03. The van der Waals surface area contributed by atoms with Crippen LogP contribution in [0.5, 0.6) is 0 Å². The van der Waals surface area contributed by atoms with Crippen molar-refractivity contribution in [1.29, 1.82) is 0 Å². The lowest BCUT2D eigenvalue weighted by atomic mass is 10.3. The van der Waals surface area contributed by atoms with Gasteiger partial charge in [0, 0.05) is 13.2 Å². The van der Waals surface area contributed by atoms with Gasteiger partial charge in [0.2, 0.25) is 0 Å². The van der Waals surface area contributed by atoms with Gasteiger partial charge in [0.25, 0.3) is 5.56 Å². The highest BCUT2D eigenvalue weighted by Gasteiger charge is 2.06. The molecule has 2 N–H and O–H groups in total. The zero-order valence-corrected chi connectivity index (χ0v) is 7.77. The molecule has 2 heterocycles. The second-order valence-corrected chi connectivity index (χ2v) is 2.97. The predicted molar refractivity (Wildman–Crippen MR) is 52.7 cm³/mol. The Morgan fingerprint density at radius 3 is 3.07 bits per heavy atom. The maximum atomic E-state index is 11.7. The van der Waals surface area contributed by atoms with Crippen LogP contribution in [0, 0.1) is 0 Å². The first-order valence-electron chi connectivity index (χ1n) is 4.24. The molecule has 0 aliphatic rings. The van der Waals surface area contributed by atoms with E-state index in [1.54, 1.807) is 25.4 Å². The molecule has 14 heavy (non-hydrogen) atoms. The zero-order valence-electron chi connectivity index (χ0n) is 7.77. The molecule has 2 aromatic rings. The Kier molecular flexibility index (Phi) is 2.01. The molecular weight excluding hydrogens is 180 g/mol. The Labute approximate surface area is 80.2 Å². The Morgan fingerprint density at radius 1 is 1.57 bits per heavy atom. The van der Waals surface area contributed by atoms with Crippen molar-refractivity contribution in [3.63, 3.8) is 0 Å². The normalized spacial score (nSPS) is 10.7. The van der Waals surface area contributed by atoms with Gasteiger partial charge in [-0.1, -0.05) is 0 Å². The van der Waals surface area contributed by atoms with Crippen molar-refractivity contribution in [2.24, 2.45) is 12.8 Å². The van der Waals surface area contributed by atoms with Crippen LogP contribution in [-0.2, 0) is 13.6 Å². The Hall–Kier alpha value is -1.75. The van der Waals surface area contributed by atoms with Gasteiger partial charge in [-0.15, -0.1) is 0 Å². The topological polar surface area (TPSA) is 73.8 Å². The van der Waals surface area contributed by atoms with Crippen molar-refractivity contribution in [2.75, 3.05) is 0 Å². The molecule has 0 fully saturated rings. The molecule has 0 bridgehead atoms. The van der Waals surface area contributed by atoms with Crippen molar-refractivity contribution >= 4 is 11.0 Å². The first-order valence-corrected chi connectivity index (χ1v) is 4.24. The van der Waals surface area contributed by atoms with E-state index in [0.717, 1.165) is 0 Å². The molecule has 0 unspecified atom stereocenters. The molecule has 2 rings (SSSR count). The number of nitrogens with two attached hydrogens (primary N) is 1. The minimum absolute atomic E-state index is 0.156. The molecule has 5 heteroatoms. The fourth-order valence-corrected chi connectivity index (χ4v) is 1.32. The SMILES string of the molecule is Cn1c(CN)nc2cccnc2c1=O. The minimum atomic E-state index is -0.156.